The van der Waals surface area contributed by atoms with Crippen LogP contribution in [0, 0.1) is 36.2 Å². The van der Waals surface area contributed by atoms with Gasteiger partial charge in [0.1, 0.15) is 0 Å². The maximum Gasteiger partial charge on any atom is 0.162 e. The van der Waals surface area contributed by atoms with E-state index >= 15 is 0 Å². The minimum absolute atomic E-state index is 0. The van der Waals surface area contributed by atoms with Crippen LogP contribution < -0.4 is 9.80 Å². The molecule has 7 heteroatoms. The van der Waals surface area contributed by atoms with E-state index in [1.165, 1.54) is 32.2 Å². The predicted molar refractivity (Wildman–Crippen MR) is 184 cm³/mol. The first-order valence-corrected chi connectivity index (χ1v) is 16.5. The van der Waals surface area contributed by atoms with Gasteiger partial charge in [0.25, 0.3) is 0 Å². The van der Waals surface area contributed by atoms with Crippen LogP contribution in [0.3, 0.4) is 0 Å². The molecule has 0 aliphatic carbocycles. The van der Waals surface area contributed by atoms with E-state index < -0.39 is 6.98 Å². The van der Waals surface area contributed by atoms with Crippen molar-refractivity contribution in [2.75, 3.05) is 16.8 Å². The summed E-state index contributed by atoms with van der Waals surface area (Å²) in [6.07, 6.45) is 5.77. The Labute approximate surface area is 285 Å². The molecular formula is C37H47IrN3O2S-2. The summed E-state index contributed by atoms with van der Waals surface area (Å²) >= 11 is 1.59. The number of thiophene rings is 1. The first kappa shape index (κ1) is 30.1. The van der Waals surface area contributed by atoms with Gasteiger partial charge in [-0.1, -0.05) is 90.3 Å². The van der Waals surface area contributed by atoms with Crippen LogP contribution in [0.4, 0.5) is 17.1 Å². The number of fused-ring (bicyclic) bond motifs is 6. The van der Waals surface area contributed by atoms with Gasteiger partial charge in [-0.25, -0.2) is 0 Å². The van der Waals surface area contributed by atoms with Crippen LogP contribution in [0.1, 0.15) is 88.7 Å². The van der Waals surface area contributed by atoms with Crippen molar-refractivity contribution in [1.82, 2.24) is 4.57 Å². The largest absolute Gasteiger partial charge is 0.512 e. The van der Waals surface area contributed by atoms with Crippen molar-refractivity contribution in [3.8, 4) is 5.69 Å². The Morgan fingerprint density at radius 2 is 1.75 bits per heavy atom. The zero-order chi connectivity index (χ0) is 33.7. The van der Waals surface area contributed by atoms with Crippen LogP contribution in [0.5, 0.6) is 0 Å². The van der Waals surface area contributed by atoms with Crippen molar-refractivity contribution < 1.29 is 34.1 Å². The third-order valence-corrected chi connectivity index (χ3v) is 9.63. The number of aliphatic hydroxyl groups excluding tert-OH is 1. The Morgan fingerprint density at radius 1 is 1.09 bits per heavy atom. The number of benzene rings is 2. The topological polar surface area (TPSA) is 48.7 Å². The first-order valence-electron chi connectivity index (χ1n) is 17.1. The molecule has 1 radical (unpaired) electrons. The number of carbonyl (C=O) groups excluding carboxylic acids is 1. The van der Waals surface area contributed by atoms with E-state index in [9.17, 15) is 9.90 Å². The van der Waals surface area contributed by atoms with E-state index in [2.05, 4.69) is 68.0 Å². The van der Waals surface area contributed by atoms with Gasteiger partial charge in [-0.3, -0.25) is 16.1 Å². The second-order valence-corrected chi connectivity index (χ2v) is 14.0. The molecule has 2 aromatic carbocycles. The quantitative estimate of drug-likeness (QED) is 0.110. The third kappa shape index (κ3) is 6.00. The predicted octanol–water partition coefficient (Wildman–Crippen LogP) is 10.4. The standard InChI is InChI=1S/C24H23N3S.C13H24O2.Ir/c1-14-21-19(12-28-14)26-13-25(5)18-10-15(11-24(2,3)4)20-16-8-6-7-9-17(16)27(21)23(20)22(18)26;1-5-10(6-2)12(14)9-13(15)11(7-3)8-4;/h6-10,13H,11H2,1-5H3;9-11,14H,5-8H2,1-4H3;/q-2;;/b;12-9-;/i5D3;;. The number of allylic oxidation sites excluding steroid dienone is 2. The van der Waals surface area contributed by atoms with Gasteiger partial charge in [0, 0.05) is 64.1 Å². The fourth-order valence-electron chi connectivity index (χ4n) is 6.58. The fraction of sp³-hybridized carbons (Fsp3) is 0.459. The Hall–Kier alpha value is -2.60. The molecule has 2 aromatic heterocycles. The van der Waals surface area contributed by atoms with E-state index in [1.54, 1.807) is 18.0 Å². The summed E-state index contributed by atoms with van der Waals surface area (Å²) in [6.45, 7) is 16.3. The molecule has 1 N–H and O–H groups in total. The molecule has 0 saturated carbocycles. The Balaban J connectivity index is 0.000000269. The normalized spacial score (nSPS) is 15.2. The van der Waals surface area contributed by atoms with Gasteiger partial charge < -0.3 is 19.5 Å². The van der Waals surface area contributed by atoms with E-state index in [1.807, 2.05) is 32.6 Å². The van der Waals surface area contributed by atoms with Crippen molar-refractivity contribution in [2.45, 2.75) is 87.5 Å². The van der Waals surface area contributed by atoms with Crippen molar-refractivity contribution in [3.05, 3.63) is 64.7 Å². The number of nitrogens with zero attached hydrogens (tertiary/aromatic N) is 3. The summed E-state index contributed by atoms with van der Waals surface area (Å²) in [5, 5.41) is 15.6. The Kier molecular flexibility index (Phi) is 9.16. The zero-order valence-electron chi connectivity index (χ0n) is 30.2. The molecule has 0 atom stereocenters. The Morgan fingerprint density at radius 3 is 2.36 bits per heavy atom. The van der Waals surface area contributed by atoms with E-state index in [0.717, 1.165) is 65.9 Å². The molecule has 5 nitrogen and oxygen atoms in total. The number of hydrogen-bond donors (Lipinski definition) is 1. The number of ketones is 1. The molecule has 0 unspecified atom stereocenters. The number of aromatic nitrogens is 1. The van der Waals surface area contributed by atoms with Gasteiger partial charge >= 0.3 is 0 Å². The molecule has 4 aromatic rings. The number of aliphatic hydroxyl groups is 1. The average molecular weight is 793 g/mol. The summed E-state index contributed by atoms with van der Waals surface area (Å²) in [5.74, 6) is 0.547. The van der Waals surface area contributed by atoms with E-state index in [0.29, 0.717) is 0 Å². The minimum Gasteiger partial charge on any atom is -0.512 e. The molecule has 44 heavy (non-hydrogen) atoms. The molecule has 4 heterocycles. The molecule has 6 rings (SSSR count). The van der Waals surface area contributed by atoms with E-state index in [-0.39, 0.29) is 48.9 Å². The maximum atomic E-state index is 11.7. The monoisotopic (exact) mass is 793 g/mol. The molecule has 2 aliphatic rings. The number of aryl methyl sites for hydroxylation is 1. The fourth-order valence-corrected chi connectivity index (χ4v) is 7.31. The molecule has 239 valence electrons. The van der Waals surface area contributed by atoms with Gasteiger partial charge in [0.05, 0.1) is 17.0 Å². The van der Waals surface area contributed by atoms with Crippen LogP contribution in [0.25, 0.3) is 27.5 Å². The van der Waals surface area contributed by atoms with Crippen LogP contribution in [-0.4, -0.2) is 22.4 Å². The Bertz CT molecular complexity index is 1790. The van der Waals surface area contributed by atoms with Crippen LogP contribution in [-0.2, 0) is 31.3 Å². The summed E-state index contributed by atoms with van der Waals surface area (Å²) < 4.78 is 26.9. The number of hydrogen-bond acceptors (Lipinski definition) is 5. The summed E-state index contributed by atoms with van der Waals surface area (Å²) in [7, 11) is 0. The van der Waals surface area contributed by atoms with Gasteiger partial charge in [-0.15, -0.1) is 4.88 Å². The smallest absolute Gasteiger partial charge is 0.162 e. The molecule has 0 fully saturated rings. The summed E-state index contributed by atoms with van der Waals surface area (Å²) in [4.78, 5) is 16.4. The minimum atomic E-state index is -2.26. The number of carbonyl (C=O) groups is 1. The average Bonchev–Trinajstić information content (AvgIpc) is 3.65. The first-order chi connectivity index (χ1) is 21.7. The maximum absolute atomic E-state index is 11.7. The molecule has 0 spiro atoms. The zero-order valence-corrected chi connectivity index (χ0v) is 30.4. The summed E-state index contributed by atoms with van der Waals surface area (Å²) in [5.41, 5.74) is 7.24. The SMILES string of the molecule is CCC(CC)C(=O)/C=C(\O)C(CC)CC.[2H]C([2H])([2H])N1[CH-]N2c3[c-]sc(C)c3-n3c4ccccc4c4c(CC(C)(C)C)cc1c2c43.[Ir]. The molecule has 0 saturated heterocycles. The van der Waals surface area contributed by atoms with Crippen molar-refractivity contribution in [3.63, 3.8) is 0 Å². The van der Waals surface area contributed by atoms with Crippen LogP contribution in [0.2, 0.25) is 0 Å². The molecule has 0 amide bonds. The molecule has 2 aliphatic heterocycles. The molecular weight excluding hydrogens is 743 g/mol. The number of para-hydroxylation sites is 1. The second kappa shape index (κ2) is 13.4. The van der Waals surface area contributed by atoms with Gasteiger partial charge in [0.15, 0.2) is 5.78 Å². The van der Waals surface area contributed by atoms with E-state index in [4.69, 9.17) is 4.11 Å². The van der Waals surface area contributed by atoms with Crippen LogP contribution in [0.15, 0.2) is 42.2 Å². The second-order valence-electron chi connectivity index (χ2n) is 13.0. The molecule has 0 bridgehead atoms. The summed E-state index contributed by atoms with van der Waals surface area (Å²) in [6, 6.07) is 10.6. The number of anilines is 3. The van der Waals surface area contributed by atoms with Crippen molar-refractivity contribution in [1.29, 1.82) is 0 Å². The number of rotatable bonds is 8. The van der Waals surface area contributed by atoms with Gasteiger partial charge in [0.2, 0.25) is 0 Å². The van der Waals surface area contributed by atoms with Crippen molar-refractivity contribution >= 4 is 56.0 Å². The van der Waals surface area contributed by atoms with Crippen LogP contribution >= 0.6 is 11.3 Å². The third-order valence-electron chi connectivity index (χ3n) is 8.83. The van der Waals surface area contributed by atoms with Gasteiger partial charge in [-0.2, -0.15) is 6.67 Å². The van der Waals surface area contributed by atoms with Crippen molar-refractivity contribution in [2.24, 2.45) is 17.3 Å². The van der Waals surface area contributed by atoms with Gasteiger partial charge in [-0.05, 0) is 62.2 Å².